The van der Waals surface area contributed by atoms with Crippen LogP contribution in [0, 0.1) is 18.3 Å². The van der Waals surface area contributed by atoms with Crippen LogP contribution in [0.25, 0.3) is 5.52 Å². The fourth-order valence-corrected chi connectivity index (χ4v) is 3.67. The number of nitrogens with zero attached hydrogens (tertiary/aromatic N) is 3. The first kappa shape index (κ1) is 13.4. The van der Waals surface area contributed by atoms with Crippen LogP contribution in [-0.4, -0.2) is 45.9 Å². The number of amides is 1. The average molecular weight is 294 g/mol. The maximum atomic E-state index is 12.4. The fraction of sp³-hybridized carbons (Fsp3) is 0.412. The van der Waals surface area contributed by atoms with Crippen LogP contribution in [0.15, 0.2) is 24.7 Å². The van der Waals surface area contributed by atoms with Crippen molar-refractivity contribution in [2.45, 2.75) is 18.9 Å². The molecule has 1 amide bonds. The number of carbonyl (C=O) groups is 1. The van der Waals surface area contributed by atoms with Crippen molar-refractivity contribution in [2.75, 3.05) is 19.6 Å². The molecule has 3 atom stereocenters. The van der Waals surface area contributed by atoms with Crippen LogP contribution < -0.4 is 5.32 Å². The Balaban J connectivity index is 1.52. The van der Waals surface area contributed by atoms with Crippen molar-refractivity contribution in [1.29, 1.82) is 0 Å². The summed E-state index contributed by atoms with van der Waals surface area (Å²) in [6, 6.07) is 2.09. The van der Waals surface area contributed by atoms with Gasteiger partial charge in [-0.05, 0) is 31.4 Å². The van der Waals surface area contributed by atoms with E-state index in [1.165, 1.54) is 19.5 Å². The Hall–Kier alpha value is -2.32. The molecule has 4 heterocycles. The Labute approximate surface area is 129 Å². The van der Waals surface area contributed by atoms with Crippen LogP contribution in [-0.2, 0) is 0 Å². The molecule has 22 heavy (non-hydrogen) atoms. The van der Waals surface area contributed by atoms with Crippen molar-refractivity contribution in [1.82, 2.24) is 19.6 Å². The van der Waals surface area contributed by atoms with Gasteiger partial charge in [-0.2, -0.15) is 0 Å². The maximum Gasteiger partial charge on any atom is 0.271 e. The second-order valence-corrected chi connectivity index (χ2v) is 6.26. The van der Waals surface area contributed by atoms with Crippen molar-refractivity contribution in [2.24, 2.45) is 5.92 Å². The first-order valence-electron chi connectivity index (χ1n) is 7.69. The van der Waals surface area contributed by atoms with E-state index in [1.54, 1.807) is 12.4 Å². The lowest BCUT2D eigenvalue weighted by Gasteiger charge is -2.30. The van der Waals surface area contributed by atoms with Crippen molar-refractivity contribution in [3.63, 3.8) is 0 Å². The van der Waals surface area contributed by atoms with Crippen molar-refractivity contribution >= 4 is 11.4 Å². The third-order valence-electron chi connectivity index (χ3n) is 4.73. The molecule has 2 saturated heterocycles. The summed E-state index contributed by atoms with van der Waals surface area (Å²) in [4.78, 5) is 19.1. The molecule has 5 heteroatoms. The third kappa shape index (κ3) is 2.26. The Kier molecular flexibility index (Phi) is 3.12. The number of terminal acetylenes is 1. The first-order valence-corrected chi connectivity index (χ1v) is 7.69. The maximum absolute atomic E-state index is 12.4. The van der Waals surface area contributed by atoms with Gasteiger partial charge in [0.1, 0.15) is 5.69 Å². The fourth-order valence-electron chi connectivity index (χ4n) is 3.67. The van der Waals surface area contributed by atoms with Crippen LogP contribution in [0.2, 0.25) is 0 Å². The molecule has 4 rings (SSSR count). The molecule has 2 aromatic rings. The predicted octanol–water partition coefficient (Wildman–Crippen LogP) is 1.14. The zero-order valence-corrected chi connectivity index (χ0v) is 12.3. The number of fused-ring (bicyclic) bond motifs is 3. The number of carbonyl (C=O) groups excluding carboxylic acids is 1. The summed E-state index contributed by atoms with van der Waals surface area (Å²) in [5.41, 5.74) is 2.07. The molecule has 0 aliphatic carbocycles. The number of rotatable bonds is 2. The highest BCUT2D eigenvalue weighted by molar-refractivity contribution is 5.92. The standard InChI is InChI=1S/C17H18N4O/c1-2-13-4-6-21-11-15(18-8-16(13)21)17(22)19-14-7-12-3-5-20(9-12)10-14/h1,4,6,8,11-12,14H,3,5,7,9-10H2,(H,19,22)/t12-,14-/m1/s1. The smallest absolute Gasteiger partial charge is 0.271 e. The van der Waals surface area contributed by atoms with Crippen molar-refractivity contribution in [3.8, 4) is 12.3 Å². The van der Waals surface area contributed by atoms with Gasteiger partial charge in [-0.3, -0.25) is 4.79 Å². The third-order valence-corrected chi connectivity index (χ3v) is 4.73. The van der Waals surface area contributed by atoms with Gasteiger partial charge >= 0.3 is 0 Å². The molecule has 0 aromatic carbocycles. The van der Waals surface area contributed by atoms with Crippen LogP contribution in [0.5, 0.6) is 0 Å². The van der Waals surface area contributed by atoms with Gasteiger partial charge in [0.05, 0.1) is 17.3 Å². The lowest BCUT2D eigenvalue weighted by atomic mass is 9.97. The molecule has 0 spiro atoms. The highest BCUT2D eigenvalue weighted by atomic mass is 16.2. The van der Waals surface area contributed by atoms with Gasteiger partial charge in [0.15, 0.2) is 0 Å². The lowest BCUT2D eigenvalue weighted by Crippen LogP contribution is -2.47. The van der Waals surface area contributed by atoms with Gasteiger partial charge in [0, 0.05) is 31.5 Å². The second-order valence-electron chi connectivity index (χ2n) is 6.26. The number of hydrogen-bond acceptors (Lipinski definition) is 3. The monoisotopic (exact) mass is 294 g/mol. The van der Waals surface area contributed by atoms with Crippen molar-refractivity contribution in [3.05, 3.63) is 35.9 Å². The van der Waals surface area contributed by atoms with Gasteiger partial charge in [0.2, 0.25) is 0 Å². The van der Waals surface area contributed by atoms with E-state index < -0.39 is 0 Å². The average Bonchev–Trinajstić information content (AvgIpc) is 3.09. The van der Waals surface area contributed by atoms with E-state index in [-0.39, 0.29) is 11.9 Å². The molecular weight excluding hydrogens is 276 g/mol. The molecule has 112 valence electrons. The molecule has 0 radical (unpaired) electrons. The number of hydrogen-bond donors (Lipinski definition) is 1. The summed E-state index contributed by atoms with van der Waals surface area (Å²) in [6.45, 7) is 3.31. The van der Waals surface area contributed by atoms with Gasteiger partial charge in [-0.15, -0.1) is 6.42 Å². The largest absolute Gasteiger partial charge is 0.347 e. The highest BCUT2D eigenvalue weighted by Crippen LogP contribution is 2.26. The summed E-state index contributed by atoms with van der Waals surface area (Å²) >= 11 is 0. The Morgan fingerprint density at radius 3 is 3.18 bits per heavy atom. The van der Waals surface area contributed by atoms with E-state index in [2.05, 4.69) is 21.1 Å². The predicted molar refractivity (Wildman–Crippen MR) is 83.5 cm³/mol. The van der Waals surface area contributed by atoms with E-state index >= 15 is 0 Å². The first-order chi connectivity index (χ1) is 10.7. The summed E-state index contributed by atoms with van der Waals surface area (Å²) in [5.74, 6) is 3.24. The SMILES string of the molecule is C#Cc1ccn2cc(C(=O)N[C@@H]3C[C@H]4CCN(C4)C3)ncc12. The second kappa shape index (κ2) is 5.15. The zero-order valence-electron chi connectivity index (χ0n) is 12.3. The zero-order chi connectivity index (χ0) is 15.1. The molecule has 2 bridgehead atoms. The van der Waals surface area contributed by atoms with E-state index in [0.717, 1.165) is 30.0 Å². The molecular formula is C17H18N4O. The topological polar surface area (TPSA) is 49.6 Å². The van der Waals surface area contributed by atoms with E-state index in [9.17, 15) is 4.79 Å². The minimum Gasteiger partial charge on any atom is -0.347 e. The molecule has 1 N–H and O–H groups in total. The van der Waals surface area contributed by atoms with Gasteiger partial charge < -0.3 is 14.6 Å². The Morgan fingerprint density at radius 1 is 1.45 bits per heavy atom. The quantitative estimate of drug-likeness (QED) is 0.845. The summed E-state index contributed by atoms with van der Waals surface area (Å²) in [6.07, 6.45) is 13.0. The number of nitrogens with one attached hydrogen (secondary N) is 1. The summed E-state index contributed by atoms with van der Waals surface area (Å²) in [5, 5.41) is 3.12. The van der Waals surface area contributed by atoms with Crippen molar-refractivity contribution < 1.29 is 4.79 Å². The molecule has 2 aromatic heterocycles. The molecule has 2 aliphatic rings. The van der Waals surface area contributed by atoms with E-state index in [4.69, 9.17) is 6.42 Å². The lowest BCUT2D eigenvalue weighted by molar-refractivity contribution is 0.0904. The van der Waals surface area contributed by atoms with E-state index in [1.807, 2.05) is 16.7 Å². The van der Waals surface area contributed by atoms with E-state index in [0.29, 0.717) is 5.69 Å². The number of piperidine rings is 1. The van der Waals surface area contributed by atoms with Crippen LogP contribution >= 0.6 is 0 Å². The van der Waals surface area contributed by atoms with Gasteiger partial charge in [-0.1, -0.05) is 5.92 Å². The summed E-state index contributed by atoms with van der Waals surface area (Å²) in [7, 11) is 0. The normalized spacial score (nSPS) is 26.8. The summed E-state index contributed by atoms with van der Waals surface area (Å²) < 4.78 is 1.85. The van der Waals surface area contributed by atoms with Gasteiger partial charge in [-0.25, -0.2) is 4.98 Å². The van der Waals surface area contributed by atoms with Gasteiger partial charge in [0.25, 0.3) is 5.91 Å². The minimum atomic E-state index is -0.106. The van der Waals surface area contributed by atoms with Crippen LogP contribution in [0.3, 0.4) is 0 Å². The Bertz CT molecular complexity index is 761. The number of aromatic nitrogens is 2. The minimum absolute atomic E-state index is 0.106. The molecule has 0 saturated carbocycles. The molecule has 5 nitrogen and oxygen atoms in total. The van der Waals surface area contributed by atoms with Crippen LogP contribution in [0.1, 0.15) is 28.9 Å². The molecule has 2 aliphatic heterocycles. The highest BCUT2D eigenvalue weighted by Gasteiger charge is 2.33. The molecule has 1 unspecified atom stereocenters. The van der Waals surface area contributed by atoms with Crippen LogP contribution in [0.4, 0.5) is 0 Å². The Morgan fingerprint density at radius 2 is 2.36 bits per heavy atom. The molecule has 2 fully saturated rings.